The van der Waals surface area contributed by atoms with E-state index < -0.39 is 0 Å². The van der Waals surface area contributed by atoms with Crippen LogP contribution in [0.15, 0.2) is 79.0 Å². The molecule has 0 aliphatic rings. The van der Waals surface area contributed by atoms with Gasteiger partial charge in [-0.25, -0.2) is 0 Å². The highest BCUT2D eigenvalue weighted by Gasteiger charge is 2.15. The van der Waals surface area contributed by atoms with Crippen LogP contribution in [0.5, 0.6) is 5.75 Å². The van der Waals surface area contributed by atoms with Crippen molar-refractivity contribution in [3.8, 4) is 5.75 Å². The number of rotatable bonds is 7. The van der Waals surface area contributed by atoms with Crippen LogP contribution in [0.25, 0.3) is 6.08 Å². The Morgan fingerprint density at radius 2 is 1.69 bits per heavy atom. The topological polar surface area (TPSA) is 80.3 Å². The number of carbonyl (C=O) groups is 2. The normalized spacial score (nSPS) is 11.2. The van der Waals surface area contributed by atoms with Gasteiger partial charge in [0.1, 0.15) is 12.4 Å². The van der Waals surface area contributed by atoms with E-state index in [-0.39, 0.29) is 17.4 Å². The molecule has 2 aromatic carbocycles. The second-order valence-corrected chi connectivity index (χ2v) is 8.28. The highest BCUT2D eigenvalue weighted by molar-refractivity contribution is 6.02. The van der Waals surface area contributed by atoms with Crippen molar-refractivity contribution in [2.45, 2.75) is 32.9 Å². The lowest BCUT2D eigenvalue weighted by Gasteiger charge is -2.20. The zero-order valence-corrected chi connectivity index (χ0v) is 18.5. The lowest BCUT2D eigenvalue weighted by atomic mass is 10.1. The van der Waals surface area contributed by atoms with Crippen LogP contribution < -0.4 is 15.4 Å². The summed E-state index contributed by atoms with van der Waals surface area (Å²) in [6.07, 6.45) is 4.92. The van der Waals surface area contributed by atoms with Crippen LogP contribution in [-0.2, 0) is 11.4 Å². The van der Waals surface area contributed by atoms with Gasteiger partial charge in [0.15, 0.2) is 0 Å². The molecular formula is C26H27N3O3. The lowest BCUT2D eigenvalue weighted by Crippen LogP contribution is -2.40. The summed E-state index contributed by atoms with van der Waals surface area (Å²) in [6.45, 7) is 6.17. The van der Waals surface area contributed by atoms with Crippen LogP contribution >= 0.6 is 0 Å². The van der Waals surface area contributed by atoms with Crippen LogP contribution in [0.2, 0.25) is 0 Å². The van der Waals surface area contributed by atoms with Crippen molar-refractivity contribution >= 4 is 23.6 Å². The third kappa shape index (κ3) is 7.40. The molecule has 3 rings (SSSR count). The van der Waals surface area contributed by atoms with Gasteiger partial charge < -0.3 is 15.4 Å². The van der Waals surface area contributed by atoms with Gasteiger partial charge in [-0.15, -0.1) is 0 Å². The number of pyridine rings is 1. The molecule has 6 heteroatoms. The van der Waals surface area contributed by atoms with Crippen molar-refractivity contribution in [2.75, 3.05) is 5.32 Å². The van der Waals surface area contributed by atoms with Crippen LogP contribution in [0.3, 0.4) is 0 Å². The standard InChI is InChI=1S/C26H27N3O3/c1-26(2,3)29-25(31)20-10-12-21(13-11-20)28-24(30)16-9-19-7-14-23(15-8-19)32-18-22-6-4-5-17-27-22/h4-17H,18H2,1-3H3,(H,28,30)(H,29,31)/b16-9+. The molecule has 0 saturated heterocycles. The first-order chi connectivity index (χ1) is 15.3. The van der Waals surface area contributed by atoms with E-state index in [2.05, 4.69) is 15.6 Å². The van der Waals surface area contributed by atoms with Crippen molar-refractivity contribution in [3.05, 3.63) is 95.8 Å². The van der Waals surface area contributed by atoms with Crippen LogP contribution in [0.1, 0.15) is 42.4 Å². The average Bonchev–Trinajstić information content (AvgIpc) is 2.77. The van der Waals surface area contributed by atoms with Crippen molar-refractivity contribution in [1.82, 2.24) is 10.3 Å². The summed E-state index contributed by atoms with van der Waals surface area (Å²) in [6, 6.07) is 19.9. The molecule has 0 fully saturated rings. The van der Waals surface area contributed by atoms with Crippen LogP contribution in [0.4, 0.5) is 5.69 Å². The number of aromatic nitrogens is 1. The Hall–Kier alpha value is -3.93. The molecule has 0 spiro atoms. The fourth-order valence-corrected chi connectivity index (χ4v) is 2.79. The van der Waals surface area contributed by atoms with Gasteiger partial charge in [0.25, 0.3) is 5.91 Å². The van der Waals surface area contributed by atoms with E-state index >= 15 is 0 Å². The van der Waals surface area contributed by atoms with Crippen LogP contribution in [-0.4, -0.2) is 22.3 Å². The van der Waals surface area contributed by atoms with Gasteiger partial charge in [0.05, 0.1) is 5.69 Å². The average molecular weight is 430 g/mol. The van der Waals surface area contributed by atoms with Gasteiger partial charge in [0, 0.05) is 29.1 Å². The number of anilines is 1. The maximum Gasteiger partial charge on any atom is 0.251 e. The summed E-state index contributed by atoms with van der Waals surface area (Å²) in [5, 5.41) is 5.69. The molecule has 0 unspecified atom stereocenters. The molecule has 0 saturated carbocycles. The minimum absolute atomic E-state index is 0.150. The Labute approximate surface area is 188 Å². The Balaban J connectivity index is 1.50. The zero-order chi connectivity index (χ0) is 23.0. The number of nitrogens with zero attached hydrogens (tertiary/aromatic N) is 1. The van der Waals surface area contributed by atoms with Crippen molar-refractivity contribution in [2.24, 2.45) is 0 Å². The summed E-state index contributed by atoms with van der Waals surface area (Å²) < 4.78 is 5.71. The number of carbonyl (C=O) groups excluding carboxylic acids is 2. The molecule has 0 radical (unpaired) electrons. The molecule has 1 aromatic heterocycles. The van der Waals surface area contributed by atoms with E-state index in [0.29, 0.717) is 17.9 Å². The van der Waals surface area contributed by atoms with Crippen molar-refractivity contribution in [1.29, 1.82) is 0 Å². The lowest BCUT2D eigenvalue weighted by molar-refractivity contribution is -0.111. The Bertz CT molecular complexity index is 1070. The van der Waals surface area contributed by atoms with E-state index in [4.69, 9.17) is 4.74 Å². The molecule has 164 valence electrons. The highest BCUT2D eigenvalue weighted by atomic mass is 16.5. The fourth-order valence-electron chi connectivity index (χ4n) is 2.79. The van der Waals surface area contributed by atoms with Gasteiger partial charge in [-0.05, 0) is 80.9 Å². The molecule has 2 N–H and O–H groups in total. The molecule has 0 atom stereocenters. The summed E-state index contributed by atoms with van der Waals surface area (Å²) in [4.78, 5) is 28.6. The van der Waals surface area contributed by atoms with E-state index in [1.807, 2.05) is 63.2 Å². The van der Waals surface area contributed by atoms with E-state index in [0.717, 1.165) is 17.0 Å². The molecule has 6 nitrogen and oxygen atoms in total. The van der Waals surface area contributed by atoms with Crippen molar-refractivity contribution < 1.29 is 14.3 Å². The summed E-state index contributed by atoms with van der Waals surface area (Å²) in [5.74, 6) is 0.322. The first-order valence-corrected chi connectivity index (χ1v) is 10.3. The molecule has 0 bridgehead atoms. The quantitative estimate of drug-likeness (QED) is 0.527. The number of benzene rings is 2. The van der Waals surface area contributed by atoms with Gasteiger partial charge in [-0.3, -0.25) is 14.6 Å². The minimum Gasteiger partial charge on any atom is -0.487 e. The summed E-state index contributed by atoms with van der Waals surface area (Å²) >= 11 is 0. The number of hydrogen-bond acceptors (Lipinski definition) is 4. The van der Waals surface area contributed by atoms with Gasteiger partial charge in [-0.2, -0.15) is 0 Å². The Kier molecular flexibility index (Phi) is 7.39. The molecule has 2 amide bonds. The van der Waals surface area contributed by atoms with Gasteiger partial charge in [0.2, 0.25) is 5.91 Å². The first-order valence-electron chi connectivity index (χ1n) is 10.3. The summed E-state index contributed by atoms with van der Waals surface area (Å²) in [7, 11) is 0. The second-order valence-electron chi connectivity index (χ2n) is 8.28. The van der Waals surface area contributed by atoms with E-state index in [1.54, 1.807) is 36.5 Å². The van der Waals surface area contributed by atoms with E-state index in [1.165, 1.54) is 6.08 Å². The zero-order valence-electron chi connectivity index (χ0n) is 18.5. The Morgan fingerprint density at radius 3 is 2.31 bits per heavy atom. The minimum atomic E-state index is -0.307. The predicted molar refractivity (Wildman–Crippen MR) is 126 cm³/mol. The fraction of sp³-hybridized carbons (Fsp3) is 0.192. The molecule has 0 aliphatic carbocycles. The molecule has 1 heterocycles. The number of hydrogen-bond donors (Lipinski definition) is 2. The molecular weight excluding hydrogens is 402 g/mol. The predicted octanol–water partition coefficient (Wildman–Crippen LogP) is 4.84. The summed E-state index contributed by atoms with van der Waals surface area (Å²) in [5.41, 5.74) is 2.58. The molecule has 0 aliphatic heterocycles. The smallest absolute Gasteiger partial charge is 0.251 e. The maximum atomic E-state index is 12.2. The third-order valence-electron chi connectivity index (χ3n) is 4.32. The monoisotopic (exact) mass is 429 g/mol. The van der Waals surface area contributed by atoms with Crippen molar-refractivity contribution in [3.63, 3.8) is 0 Å². The van der Waals surface area contributed by atoms with E-state index in [9.17, 15) is 9.59 Å². The maximum absolute atomic E-state index is 12.2. The largest absolute Gasteiger partial charge is 0.487 e. The Morgan fingerprint density at radius 1 is 0.969 bits per heavy atom. The second kappa shape index (κ2) is 10.4. The third-order valence-corrected chi connectivity index (χ3v) is 4.32. The highest BCUT2D eigenvalue weighted by Crippen LogP contribution is 2.15. The van der Waals surface area contributed by atoms with Gasteiger partial charge in [-0.1, -0.05) is 18.2 Å². The van der Waals surface area contributed by atoms with Gasteiger partial charge >= 0.3 is 0 Å². The number of amides is 2. The number of ether oxygens (including phenoxy) is 1. The molecule has 32 heavy (non-hydrogen) atoms. The van der Waals surface area contributed by atoms with Crippen LogP contribution in [0, 0.1) is 0 Å². The SMILES string of the molecule is CC(C)(C)NC(=O)c1ccc(NC(=O)/C=C/c2ccc(OCc3ccccn3)cc2)cc1. The molecule has 3 aromatic rings. The first kappa shape index (κ1) is 22.7. The number of nitrogens with one attached hydrogen (secondary N) is 2.